The lowest BCUT2D eigenvalue weighted by Gasteiger charge is -2.30. The van der Waals surface area contributed by atoms with Gasteiger partial charge in [-0.2, -0.15) is 0 Å². The Hall–Kier alpha value is -4.63. The average Bonchev–Trinajstić information content (AvgIpc) is 3.33. The number of hydrogen-bond donors (Lipinski definition) is 3. The van der Waals surface area contributed by atoms with Crippen molar-refractivity contribution in [3.8, 4) is 11.1 Å². The smallest absolute Gasteiger partial charge is 0.407 e. The van der Waals surface area contributed by atoms with E-state index in [4.69, 9.17) is 10.3 Å². The van der Waals surface area contributed by atoms with Crippen LogP contribution in [-0.2, 0) is 14.3 Å². The molecule has 0 fully saturated rings. The molecule has 2 aromatic carbocycles. The molecular formula is C35H43N5O6. The van der Waals surface area contributed by atoms with Crippen LogP contribution in [0.5, 0.6) is 0 Å². The molecular weight excluding hydrogens is 586 g/mol. The van der Waals surface area contributed by atoms with Crippen LogP contribution in [0, 0.1) is 5.41 Å². The number of amides is 1. The van der Waals surface area contributed by atoms with Crippen LogP contribution in [0.25, 0.3) is 21.6 Å². The highest BCUT2D eigenvalue weighted by Gasteiger charge is 2.35. The van der Waals surface area contributed by atoms with Gasteiger partial charge in [-0.1, -0.05) is 73.9 Å². The van der Waals surface area contributed by atoms with Crippen molar-refractivity contribution >= 4 is 23.6 Å². The van der Waals surface area contributed by atoms with E-state index < -0.39 is 18.1 Å². The lowest BCUT2D eigenvalue weighted by Crippen LogP contribution is -2.41. The summed E-state index contributed by atoms with van der Waals surface area (Å²) in [6.45, 7) is 4.73. The highest BCUT2D eigenvalue weighted by Crippen LogP contribution is 2.44. The van der Waals surface area contributed by atoms with E-state index in [0.717, 1.165) is 41.5 Å². The first-order valence-corrected chi connectivity index (χ1v) is 16.0. The fourth-order valence-electron chi connectivity index (χ4n) is 6.31. The van der Waals surface area contributed by atoms with Crippen molar-refractivity contribution in [3.05, 3.63) is 81.4 Å². The van der Waals surface area contributed by atoms with Gasteiger partial charge >= 0.3 is 12.1 Å². The molecule has 1 atom stereocenters. The van der Waals surface area contributed by atoms with Crippen molar-refractivity contribution in [1.82, 2.24) is 5.32 Å². The van der Waals surface area contributed by atoms with Crippen molar-refractivity contribution in [1.29, 1.82) is 0 Å². The van der Waals surface area contributed by atoms with Crippen LogP contribution in [-0.4, -0.2) is 59.5 Å². The summed E-state index contributed by atoms with van der Waals surface area (Å²) in [5.41, 5.74) is 13.4. The molecule has 0 bridgehead atoms. The second-order valence-electron chi connectivity index (χ2n) is 12.7. The van der Waals surface area contributed by atoms with Crippen LogP contribution in [0.4, 0.5) is 4.79 Å². The molecule has 0 heterocycles. The predicted octanol–water partition coefficient (Wildman–Crippen LogP) is 7.66. The third kappa shape index (κ3) is 8.97. The average molecular weight is 630 g/mol. The molecule has 46 heavy (non-hydrogen) atoms. The number of ketones is 1. The van der Waals surface area contributed by atoms with Crippen molar-refractivity contribution in [3.63, 3.8) is 0 Å². The molecule has 2 aromatic rings. The molecule has 2 aliphatic carbocycles. The normalized spacial score (nSPS) is 16.3. The molecule has 11 nitrogen and oxygen atoms in total. The molecule has 244 valence electrons. The maximum absolute atomic E-state index is 13.0. The molecule has 0 unspecified atom stereocenters. The molecule has 0 aromatic heterocycles. The predicted molar refractivity (Wildman–Crippen MR) is 176 cm³/mol. The Kier molecular flexibility index (Phi) is 12.0. The van der Waals surface area contributed by atoms with E-state index in [-0.39, 0.29) is 35.9 Å². The van der Waals surface area contributed by atoms with Gasteiger partial charge in [-0.15, -0.1) is 0 Å². The molecule has 1 amide bonds. The number of nitrogens with zero attached hydrogens (tertiary/aromatic N) is 4. The van der Waals surface area contributed by atoms with Gasteiger partial charge in [0, 0.05) is 42.5 Å². The Morgan fingerprint density at radius 1 is 1.00 bits per heavy atom. The number of alkyl carbamates (subject to hydrolysis) is 1. The van der Waals surface area contributed by atoms with Crippen LogP contribution in [0.1, 0.15) is 88.7 Å². The zero-order valence-electron chi connectivity index (χ0n) is 26.6. The molecule has 0 spiro atoms. The summed E-state index contributed by atoms with van der Waals surface area (Å²) in [6, 6.07) is 14.9. The van der Waals surface area contributed by atoms with E-state index in [2.05, 4.69) is 20.3 Å². The van der Waals surface area contributed by atoms with Crippen LogP contribution in [0.15, 0.2) is 70.0 Å². The first-order chi connectivity index (χ1) is 22.1. The summed E-state index contributed by atoms with van der Waals surface area (Å²) >= 11 is 0. The third-order valence-electron chi connectivity index (χ3n) is 8.51. The number of hydrogen-bond acceptors (Lipinski definition) is 7. The van der Waals surface area contributed by atoms with E-state index in [0.29, 0.717) is 56.5 Å². The minimum absolute atomic E-state index is 0.0623. The fourth-order valence-corrected chi connectivity index (χ4v) is 6.31. The monoisotopic (exact) mass is 629 g/mol. The minimum atomic E-state index is -1.15. The number of fused-ring (bicyclic) bond motifs is 3. The molecule has 0 saturated carbocycles. The Morgan fingerprint density at radius 3 is 2.28 bits per heavy atom. The van der Waals surface area contributed by atoms with Gasteiger partial charge in [0.05, 0.1) is 5.57 Å². The number of unbranched alkanes of at least 4 members (excludes halogenated alkanes) is 3. The zero-order valence-corrected chi connectivity index (χ0v) is 26.6. The topological polar surface area (TPSA) is 174 Å². The number of carbonyl (C=O) groups is 3. The molecule has 0 aliphatic heterocycles. The molecule has 11 heteroatoms. The van der Waals surface area contributed by atoms with E-state index >= 15 is 0 Å². The highest BCUT2D eigenvalue weighted by molar-refractivity contribution is 6.23. The number of Topliss-reactive ketones (excluding diaryl/α,β-unsaturated/α-hetero) is 1. The Balaban J connectivity index is 1.30. The first kappa shape index (κ1) is 34.2. The van der Waals surface area contributed by atoms with E-state index in [1.54, 1.807) is 0 Å². The van der Waals surface area contributed by atoms with Crippen molar-refractivity contribution in [2.75, 3.05) is 19.7 Å². The number of aliphatic hydroxyl groups excluding tert-OH is 1. The number of aliphatic carboxylic acids is 1. The van der Waals surface area contributed by atoms with Crippen molar-refractivity contribution < 1.29 is 29.3 Å². The minimum Gasteiger partial charge on any atom is -0.511 e. The van der Waals surface area contributed by atoms with Crippen LogP contribution in [0.2, 0.25) is 0 Å². The second-order valence-corrected chi connectivity index (χ2v) is 12.7. The summed E-state index contributed by atoms with van der Waals surface area (Å²) in [7, 11) is 0. The summed E-state index contributed by atoms with van der Waals surface area (Å²) < 4.78 is 5.53. The number of nitrogens with one attached hydrogen (secondary N) is 1. The maximum atomic E-state index is 13.0. The lowest BCUT2D eigenvalue weighted by molar-refractivity contribution is -0.139. The van der Waals surface area contributed by atoms with Gasteiger partial charge in [0.15, 0.2) is 5.78 Å². The molecule has 3 N–H and O–H groups in total. The number of rotatable bonds is 16. The number of carboxylic acid groups (broad SMARTS) is 1. The van der Waals surface area contributed by atoms with Gasteiger partial charge in [-0.3, -0.25) is 9.79 Å². The van der Waals surface area contributed by atoms with Crippen LogP contribution in [0.3, 0.4) is 0 Å². The molecule has 0 radical (unpaired) electrons. The Bertz CT molecular complexity index is 1500. The van der Waals surface area contributed by atoms with Crippen LogP contribution >= 0.6 is 0 Å². The fraction of sp³-hybridized carbons (Fsp3) is 0.486. The van der Waals surface area contributed by atoms with Gasteiger partial charge in [0.2, 0.25) is 0 Å². The van der Waals surface area contributed by atoms with Gasteiger partial charge in [-0.25, -0.2) is 9.59 Å². The second kappa shape index (κ2) is 16.1. The summed E-state index contributed by atoms with van der Waals surface area (Å²) in [4.78, 5) is 45.0. The summed E-state index contributed by atoms with van der Waals surface area (Å²) in [6.07, 6.45) is 3.85. The highest BCUT2D eigenvalue weighted by atomic mass is 16.5. The number of carboxylic acids is 1. The largest absolute Gasteiger partial charge is 0.511 e. The van der Waals surface area contributed by atoms with Gasteiger partial charge in [0.25, 0.3) is 0 Å². The van der Waals surface area contributed by atoms with E-state index in [9.17, 15) is 24.6 Å². The number of carbonyl (C=O) groups excluding carboxylic acids is 2. The van der Waals surface area contributed by atoms with Gasteiger partial charge in [-0.05, 0) is 71.7 Å². The number of ether oxygens (including phenoxy) is 1. The number of benzene rings is 2. The number of azide groups is 1. The molecule has 2 aliphatic rings. The van der Waals surface area contributed by atoms with Gasteiger partial charge in [0.1, 0.15) is 18.4 Å². The SMILES string of the molecule is CC1(C)CC(=O)C(C(CCCCCN=[N+]=[N-])=NCCCC[C@H](NC(=O)OCC2c3ccccc3-c3ccccc32)C(=O)O)=C(O)C1. The van der Waals surface area contributed by atoms with Crippen LogP contribution < -0.4 is 5.32 Å². The van der Waals surface area contributed by atoms with E-state index in [1.165, 1.54) is 0 Å². The molecule has 4 rings (SSSR count). The molecule has 0 saturated heterocycles. The third-order valence-corrected chi connectivity index (χ3v) is 8.51. The maximum Gasteiger partial charge on any atom is 0.407 e. The number of aliphatic hydroxyl groups is 1. The number of aliphatic imine (C=N–C) groups is 1. The summed E-state index contributed by atoms with van der Waals surface area (Å²) in [5.74, 6) is -1.34. The quantitative estimate of drug-likeness (QED) is 0.0565. The van der Waals surface area contributed by atoms with E-state index in [1.807, 2.05) is 62.4 Å². The van der Waals surface area contributed by atoms with Crippen molar-refractivity contribution in [2.45, 2.75) is 83.6 Å². The zero-order chi connectivity index (χ0) is 33.1. The van der Waals surface area contributed by atoms with Gasteiger partial charge < -0.3 is 20.3 Å². The Morgan fingerprint density at radius 2 is 1.65 bits per heavy atom. The summed E-state index contributed by atoms with van der Waals surface area (Å²) in [5, 5.41) is 26.6. The lowest BCUT2D eigenvalue weighted by atomic mass is 9.75. The first-order valence-electron chi connectivity index (χ1n) is 16.0. The number of allylic oxidation sites excluding steroid dienone is 2. The Labute approximate surface area is 269 Å². The van der Waals surface area contributed by atoms with Crippen molar-refractivity contribution in [2.24, 2.45) is 15.5 Å². The standard InChI is InChI=1S/C35H43N5O6/c1-35(2)20-30(41)32(31(42)21-35)28(16-4-3-10-19-38-40-36)37-18-11-9-17-29(33(43)44)39-34(45)46-22-27-25-14-7-5-12-23(25)24-13-6-8-15-26(24)27/h5-8,12-15,27,29,41H,3-4,9-11,16-22H2,1-2H3,(H,39,45)(H,43,44)/t29-/m0/s1.